The maximum absolute atomic E-state index is 5.19. The van der Waals surface area contributed by atoms with Crippen LogP contribution in [0.3, 0.4) is 0 Å². The Bertz CT molecular complexity index is 2960. The van der Waals surface area contributed by atoms with Gasteiger partial charge in [-0.15, -0.1) is 0 Å². The second-order valence-electron chi connectivity index (χ2n) is 14.9. The van der Waals surface area contributed by atoms with E-state index < -0.39 is 0 Å². The summed E-state index contributed by atoms with van der Waals surface area (Å²) in [5.41, 5.74) is 18.9. The Morgan fingerprint density at radius 2 is 0.533 bits per heavy atom. The van der Waals surface area contributed by atoms with Crippen molar-refractivity contribution >= 4 is 0 Å². The molecule has 1 aromatic heterocycles. The Balaban J connectivity index is 1.17. The van der Waals surface area contributed by atoms with Crippen molar-refractivity contribution in [3.05, 3.63) is 243 Å². The van der Waals surface area contributed by atoms with Gasteiger partial charge in [0.25, 0.3) is 0 Å². The first-order valence-electron chi connectivity index (χ1n) is 20.4. The van der Waals surface area contributed by atoms with Gasteiger partial charge in [0.1, 0.15) is 0 Å². The maximum atomic E-state index is 5.19. The molecule has 10 aromatic rings. The van der Waals surface area contributed by atoms with Crippen LogP contribution in [0.5, 0.6) is 0 Å². The average molecular weight is 765 g/mol. The zero-order valence-corrected chi connectivity index (χ0v) is 33.0. The quantitative estimate of drug-likeness (QED) is 0.146. The molecule has 0 bridgehead atoms. The van der Waals surface area contributed by atoms with E-state index in [0.717, 1.165) is 44.8 Å². The summed E-state index contributed by atoms with van der Waals surface area (Å²) in [4.78, 5) is 10.2. The summed E-state index contributed by atoms with van der Waals surface area (Å²) in [5, 5.41) is 0. The third-order valence-electron chi connectivity index (χ3n) is 11.1. The lowest BCUT2D eigenvalue weighted by Gasteiger charge is -2.24. The Morgan fingerprint density at radius 1 is 0.200 bits per heavy atom. The second kappa shape index (κ2) is 16.5. The highest BCUT2D eigenvalue weighted by Gasteiger charge is 2.24. The van der Waals surface area contributed by atoms with E-state index >= 15 is 0 Å². The van der Waals surface area contributed by atoms with Crippen LogP contribution in [-0.2, 0) is 0 Å². The van der Waals surface area contributed by atoms with Gasteiger partial charge in [-0.05, 0) is 78.9 Å². The number of rotatable bonds is 9. The van der Waals surface area contributed by atoms with Crippen molar-refractivity contribution in [2.45, 2.75) is 0 Å². The van der Waals surface area contributed by atoms with E-state index in [1.165, 1.54) is 50.1 Å². The van der Waals surface area contributed by atoms with Crippen molar-refractivity contribution in [3.8, 4) is 101 Å². The molecule has 1 heterocycles. The first-order chi connectivity index (χ1) is 29.8. The predicted molar refractivity (Wildman–Crippen MR) is 251 cm³/mol. The van der Waals surface area contributed by atoms with Crippen molar-refractivity contribution in [1.29, 1.82) is 0 Å². The molecule has 2 nitrogen and oxygen atoms in total. The van der Waals surface area contributed by atoms with Gasteiger partial charge < -0.3 is 0 Å². The molecule has 60 heavy (non-hydrogen) atoms. The largest absolute Gasteiger partial charge is 0.228 e. The minimum atomic E-state index is 0.702. The molecule has 0 N–H and O–H groups in total. The van der Waals surface area contributed by atoms with Crippen molar-refractivity contribution in [2.24, 2.45) is 0 Å². The Labute approximate surface area is 351 Å². The molecule has 0 radical (unpaired) electrons. The SMILES string of the molecule is c1ccc(-c2cc(-c3ccccc3-c3ccc(-c4cc(-c5ccccc5)c(-c5ccccc5)c(-c5ccccc5)c4-c4ccccc4)cc3)nc(-c3ccccc3)n2)cc1. The van der Waals surface area contributed by atoms with Gasteiger partial charge in [-0.25, -0.2) is 9.97 Å². The van der Waals surface area contributed by atoms with Gasteiger partial charge in [0.05, 0.1) is 11.4 Å². The molecular weight excluding hydrogens is 725 g/mol. The lowest BCUT2D eigenvalue weighted by atomic mass is 9.79. The molecular formula is C58H40N2. The van der Waals surface area contributed by atoms with Crippen molar-refractivity contribution in [2.75, 3.05) is 0 Å². The van der Waals surface area contributed by atoms with Gasteiger partial charge in [-0.3, -0.25) is 0 Å². The van der Waals surface area contributed by atoms with Crippen molar-refractivity contribution in [1.82, 2.24) is 9.97 Å². The summed E-state index contributed by atoms with van der Waals surface area (Å²) in [6.45, 7) is 0. The highest BCUT2D eigenvalue weighted by molar-refractivity contribution is 6.07. The van der Waals surface area contributed by atoms with Gasteiger partial charge in [-0.1, -0.05) is 231 Å². The molecule has 282 valence electrons. The second-order valence-corrected chi connectivity index (χ2v) is 14.9. The molecule has 0 aliphatic rings. The summed E-state index contributed by atoms with van der Waals surface area (Å²) in [5.74, 6) is 0.702. The van der Waals surface area contributed by atoms with Crippen LogP contribution < -0.4 is 0 Å². The zero-order valence-electron chi connectivity index (χ0n) is 33.0. The zero-order chi connectivity index (χ0) is 40.1. The van der Waals surface area contributed by atoms with Gasteiger partial charge >= 0.3 is 0 Å². The van der Waals surface area contributed by atoms with E-state index in [1.807, 2.05) is 24.3 Å². The van der Waals surface area contributed by atoms with E-state index in [0.29, 0.717) is 5.82 Å². The monoisotopic (exact) mass is 764 g/mol. The van der Waals surface area contributed by atoms with E-state index in [4.69, 9.17) is 9.97 Å². The molecule has 0 atom stereocenters. The first kappa shape index (κ1) is 36.4. The molecule has 9 aromatic carbocycles. The number of benzene rings is 9. The predicted octanol–water partition coefficient (Wildman–Crippen LogP) is 15.5. The minimum Gasteiger partial charge on any atom is -0.228 e. The molecule has 10 rings (SSSR count). The smallest absolute Gasteiger partial charge is 0.160 e. The van der Waals surface area contributed by atoms with Crippen molar-refractivity contribution in [3.63, 3.8) is 0 Å². The average Bonchev–Trinajstić information content (AvgIpc) is 3.35. The van der Waals surface area contributed by atoms with Crippen molar-refractivity contribution < 1.29 is 0 Å². The van der Waals surface area contributed by atoms with Crippen LogP contribution in [0.25, 0.3) is 101 Å². The fourth-order valence-corrected chi connectivity index (χ4v) is 8.30. The fourth-order valence-electron chi connectivity index (χ4n) is 8.30. The lowest BCUT2D eigenvalue weighted by molar-refractivity contribution is 1.18. The summed E-state index contributed by atoms with van der Waals surface area (Å²) in [7, 11) is 0. The maximum Gasteiger partial charge on any atom is 0.160 e. The normalized spacial score (nSPS) is 11.0. The molecule has 0 aliphatic carbocycles. The van der Waals surface area contributed by atoms with Crippen LogP contribution in [0, 0.1) is 0 Å². The summed E-state index contributed by atoms with van der Waals surface area (Å²) in [6, 6.07) is 86.1. The lowest BCUT2D eigenvalue weighted by Crippen LogP contribution is -1.98. The van der Waals surface area contributed by atoms with Crippen LogP contribution in [0.1, 0.15) is 0 Å². The van der Waals surface area contributed by atoms with E-state index in [9.17, 15) is 0 Å². The number of hydrogen-bond donors (Lipinski definition) is 0. The Hall–Kier alpha value is -7.94. The highest BCUT2D eigenvalue weighted by atomic mass is 14.9. The highest BCUT2D eigenvalue weighted by Crippen LogP contribution is 2.50. The third-order valence-corrected chi connectivity index (χ3v) is 11.1. The molecule has 0 amide bonds. The topological polar surface area (TPSA) is 25.8 Å². The van der Waals surface area contributed by atoms with E-state index in [-0.39, 0.29) is 0 Å². The molecule has 0 spiro atoms. The fraction of sp³-hybridized carbons (Fsp3) is 0. The molecule has 0 fully saturated rings. The third kappa shape index (κ3) is 7.23. The molecule has 0 aliphatic heterocycles. The van der Waals surface area contributed by atoms with Crippen LogP contribution in [-0.4, -0.2) is 9.97 Å². The molecule has 0 saturated heterocycles. The number of nitrogens with zero attached hydrogens (tertiary/aromatic N) is 2. The van der Waals surface area contributed by atoms with E-state index in [1.54, 1.807) is 0 Å². The van der Waals surface area contributed by atoms with Crippen LogP contribution in [0.15, 0.2) is 243 Å². The van der Waals surface area contributed by atoms with Crippen LogP contribution in [0.4, 0.5) is 0 Å². The minimum absolute atomic E-state index is 0.702. The summed E-state index contributed by atoms with van der Waals surface area (Å²) < 4.78 is 0. The molecule has 0 unspecified atom stereocenters. The van der Waals surface area contributed by atoms with Gasteiger partial charge in [0.15, 0.2) is 5.82 Å². The molecule has 2 heteroatoms. The Morgan fingerprint density at radius 3 is 1.02 bits per heavy atom. The van der Waals surface area contributed by atoms with Gasteiger partial charge in [0, 0.05) is 16.7 Å². The van der Waals surface area contributed by atoms with Crippen LogP contribution in [0.2, 0.25) is 0 Å². The first-order valence-corrected chi connectivity index (χ1v) is 20.4. The van der Waals surface area contributed by atoms with Gasteiger partial charge in [-0.2, -0.15) is 0 Å². The van der Waals surface area contributed by atoms with Crippen LogP contribution >= 0.6 is 0 Å². The van der Waals surface area contributed by atoms with E-state index in [2.05, 4.69) is 218 Å². The summed E-state index contributed by atoms with van der Waals surface area (Å²) >= 11 is 0. The number of aromatic nitrogens is 2. The summed E-state index contributed by atoms with van der Waals surface area (Å²) in [6.07, 6.45) is 0. The van der Waals surface area contributed by atoms with Gasteiger partial charge in [0.2, 0.25) is 0 Å². The standard InChI is InChI=1S/C58H40N2/c1-7-21-41(22-8-1)51-39-52(56(46-27-13-4-14-28-46)57(47-29-15-5-16-30-47)55(51)45-25-11-3-12-26-45)43-37-35-42(36-38-43)49-33-19-20-34-50(49)54-40-53(44-23-9-2-10-24-44)59-58(60-54)48-31-17-6-18-32-48/h1-40H. The number of hydrogen-bond acceptors (Lipinski definition) is 2. The Kier molecular flexibility index (Phi) is 10.0. The molecule has 0 saturated carbocycles.